The SMILES string of the molecule is O=C(NCc1ccccc1F)c1cc[c]cc1. The van der Waals surface area contributed by atoms with E-state index in [-0.39, 0.29) is 18.3 Å². The van der Waals surface area contributed by atoms with E-state index < -0.39 is 0 Å². The van der Waals surface area contributed by atoms with Crippen molar-refractivity contribution in [3.05, 3.63) is 71.5 Å². The lowest BCUT2D eigenvalue weighted by molar-refractivity contribution is 0.0950. The van der Waals surface area contributed by atoms with Crippen LogP contribution < -0.4 is 5.32 Å². The molecule has 0 atom stereocenters. The van der Waals surface area contributed by atoms with Crippen molar-refractivity contribution >= 4 is 5.91 Å². The molecule has 0 fully saturated rings. The molecule has 0 aliphatic rings. The van der Waals surface area contributed by atoms with Gasteiger partial charge in [0, 0.05) is 17.7 Å². The molecular formula is C14H11FNO. The van der Waals surface area contributed by atoms with Gasteiger partial charge in [-0.2, -0.15) is 0 Å². The van der Waals surface area contributed by atoms with Crippen molar-refractivity contribution in [1.29, 1.82) is 0 Å². The zero-order chi connectivity index (χ0) is 12.1. The summed E-state index contributed by atoms with van der Waals surface area (Å²) < 4.78 is 13.3. The Morgan fingerprint density at radius 3 is 2.59 bits per heavy atom. The number of rotatable bonds is 3. The third-order valence-corrected chi connectivity index (χ3v) is 2.38. The van der Waals surface area contributed by atoms with Gasteiger partial charge in [0.2, 0.25) is 0 Å². The first-order valence-corrected chi connectivity index (χ1v) is 5.25. The second-order valence-electron chi connectivity index (χ2n) is 3.56. The number of benzene rings is 2. The van der Waals surface area contributed by atoms with Crippen LogP contribution in [-0.4, -0.2) is 5.91 Å². The van der Waals surface area contributed by atoms with Crippen molar-refractivity contribution in [2.24, 2.45) is 0 Å². The van der Waals surface area contributed by atoms with Crippen LogP contribution in [0.4, 0.5) is 4.39 Å². The minimum Gasteiger partial charge on any atom is -0.348 e. The molecule has 3 heteroatoms. The van der Waals surface area contributed by atoms with Crippen LogP contribution in [0.1, 0.15) is 15.9 Å². The molecule has 1 N–H and O–H groups in total. The summed E-state index contributed by atoms with van der Waals surface area (Å²) in [5.41, 5.74) is 1.02. The van der Waals surface area contributed by atoms with Gasteiger partial charge >= 0.3 is 0 Å². The molecule has 0 aliphatic carbocycles. The molecule has 0 spiro atoms. The molecule has 0 saturated heterocycles. The largest absolute Gasteiger partial charge is 0.348 e. The van der Waals surface area contributed by atoms with Gasteiger partial charge in [-0.3, -0.25) is 4.79 Å². The van der Waals surface area contributed by atoms with Crippen LogP contribution >= 0.6 is 0 Å². The fourth-order valence-electron chi connectivity index (χ4n) is 1.46. The summed E-state index contributed by atoms with van der Waals surface area (Å²) in [7, 11) is 0. The molecule has 0 aliphatic heterocycles. The van der Waals surface area contributed by atoms with Crippen LogP contribution in [0.2, 0.25) is 0 Å². The number of nitrogens with one attached hydrogen (secondary N) is 1. The monoisotopic (exact) mass is 228 g/mol. The third kappa shape index (κ3) is 2.91. The quantitative estimate of drug-likeness (QED) is 0.859. The predicted molar refractivity (Wildman–Crippen MR) is 62.8 cm³/mol. The maximum Gasteiger partial charge on any atom is 0.251 e. The van der Waals surface area contributed by atoms with Gasteiger partial charge in [0.25, 0.3) is 5.91 Å². The van der Waals surface area contributed by atoms with Crippen molar-refractivity contribution in [3.8, 4) is 0 Å². The van der Waals surface area contributed by atoms with Gasteiger partial charge < -0.3 is 5.32 Å². The molecule has 1 amide bonds. The van der Waals surface area contributed by atoms with Crippen molar-refractivity contribution < 1.29 is 9.18 Å². The Morgan fingerprint density at radius 1 is 1.18 bits per heavy atom. The van der Waals surface area contributed by atoms with Gasteiger partial charge in [-0.05, 0) is 24.3 Å². The number of halogens is 1. The van der Waals surface area contributed by atoms with E-state index in [0.29, 0.717) is 11.1 Å². The number of carbonyl (C=O) groups excluding carboxylic acids is 1. The van der Waals surface area contributed by atoms with Crippen molar-refractivity contribution in [2.45, 2.75) is 6.54 Å². The van der Waals surface area contributed by atoms with Crippen LogP contribution in [-0.2, 0) is 6.54 Å². The van der Waals surface area contributed by atoms with E-state index in [2.05, 4.69) is 11.4 Å². The topological polar surface area (TPSA) is 29.1 Å². The standard InChI is InChI=1S/C14H11FNO/c15-13-9-5-4-8-12(13)10-16-14(17)11-6-2-1-3-7-11/h2-9H,10H2,(H,16,17). The highest BCUT2D eigenvalue weighted by Crippen LogP contribution is 2.06. The van der Waals surface area contributed by atoms with E-state index in [1.165, 1.54) is 6.07 Å². The van der Waals surface area contributed by atoms with E-state index >= 15 is 0 Å². The minimum atomic E-state index is -0.311. The molecule has 2 aromatic carbocycles. The summed E-state index contributed by atoms with van der Waals surface area (Å²) in [6, 6.07) is 15.9. The van der Waals surface area contributed by atoms with E-state index in [0.717, 1.165) is 0 Å². The average Bonchev–Trinajstić information content (AvgIpc) is 2.38. The van der Waals surface area contributed by atoms with Gasteiger partial charge in [-0.1, -0.05) is 30.3 Å². The Kier molecular flexibility index (Phi) is 3.50. The highest BCUT2D eigenvalue weighted by molar-refractivity contribution is 5.94. The van der Waals surface area contributed by atoms with E-state index in [9.17, 15) is 9.18 Å². The lowest BCUT2D eigenvalue weighted by atomic mass is 10.2. The van der Waals surface area contributed by atoms with Crippen molar-refractivity contribution in [1.82, 2.24) is 5.32 Å². The van der Waals surface area contributed by atoms with Gasteiger partial charge in [-0.25, -0.2) is 4.39 Å². The molecule has 0 saturated carbocycles. The zero-order valence-corrected chi connectivity index (χ0v) is 9.11. The first-order valence-electron chi connectivity index (χ1n) is 5.25. The Morgan fingerprint density at radius 2 is 1.88 bits per heavy atom. The first-order chi connectivity index (χ1) is 8.27. The Balaban J connectivity index is 2.00. The smallest absolute Gasteiger partial charge is 0.251 e. The first kappa shape index (κ1) is 11.3. The number of hydrogen-bond acceptors (Lipinski definition) is 1. The van der Waals surface area contributed by atoms with E-state index in [1.54, 1.807) is 42.5 Å². The van der Waals surface area contributed by atoms with Crippen molar-refractivity contribution in [3.63, 3.8) is 0 Å². The van der Waals surface area contributed by atoms with E-state index in [1.807, 2.05) is 0 Å². The van der Waals surface area contributed by atoms with Gasteiger partial charge in [-0.15, -0.1) is 0 Å². The Bertz CT molecular complexity index is 511. The molecule has 2 aromatic rings. The van der Waals surface area contributed by atoms with Crippen molar-refractivity contribution in [2.75, 3.05) is 0 Å². The zero-order valence-electron chi connectivity index (χ0n) is 9.11. The number of amides is 1. The molecule has 17 heavy (non-hydrogen) atoms. The van der Waals surface area contributed by atoms with Gasteiger partial charge in [0.05, 0.1) is 0 Å². The fraction of sp³-hybridized carbons (Fsp3) is 0.0714. The van der Waals surface area contributed by atoms with Crippen LogP contribution in [0.5, 0.6) is 0 Å². The molecule has 0 heterocycles. The minimum absolute atomic E-state index is 0.185. The van der Waals surface area contributed by atoms with Crippen LogP contribution in [0.25, 0.3) is 0 Å². The second-order valence-corrected chi connectivity index (χ2v) is 3.56. The summed E-state index contributed by atoms with van der Waals surface area (Å²) in [5.74, 6) is -0.531. The summed E-state index contributed by atoms with van der Waals surface area (Å²) >= 11 is 0. The summed E-state index contributed by atoms with van der Waals surface area (Å²) in [6.07, 6.45) is 0. The highest BCUT2D eigenvalue weighted by Gasteiger charge is 2.05. The molecule has 0 bridgehead atoms. The van der Waals surface area contributed by atoms with Crippen LogP contribution in [0, 0.1) is 11.9 Å². The van der Waals surface area contributed by atoms with E-state index in [4.69, 9.17) is 0 Å². The molecule has 1 radical (unpaired) electrons. The predicted octanol–water partition coefficient (Wildman–Crippen LogP) is 2.56. The summed E-state index contributed by atoms with van der Waals surface area (Å²) in [4.78, 5) is 11.7. The summed E-state index contributed by atoms with van der Waals surface area (Å²) in [6.45, 7) is 0.185. The second kappa shape index (κ2) is 5.25. The normalized spacial score (nSPS) is 9.94. The average molecular weight is 228 g/mol. The number of hydrogen-bond donors (Lipinski definition) is 1. The number of carbonyl (C=O) groups is 1. The third-order valence-electron chi connectivity index (χ3n) is 2.38. The maximum absolute atomic E-state index is 13.3. The lowest BCUT2D eigenvalue weighted by Crippen LogP contribution is -2.23. The molecule has 2 rings (SSSR count). The Hall–Kier alpha value is -2.16. The fourth-order valence-corrected chi connectivity index (χ4v) is 1.46. The molecule has 85 valence electrons. The van der Waals surface area contributed by atoms with Gasteiger partial charge in [0.15, 0.2) is 0 Å². The summed E-state index contributed by atoms with van der Waals surface area (Å²) in [5, 5.41) is 2.66. The Labute approximate surface area is 99.1 Å². The highest BCUT2D eigenvalue weighted by atomic mass is 19.1. The molecular weight excluding hydrogens is 217 g/mol. The molecule has 0 unspecified atom stereocenters. The van der Waals surface area contributed by atoms with Crippen LogP contribution in [0.15, 0.2) is 48.5 Å². The maximum atomic E-state index is 13.3. The van der Waals surface area contributed by atoms with Crippen LogP contribution in [0.3, 0.4) is 0 Å². The molecule has 2 nitrogen and oxygen atoms in total. The lowest BCUT2D eigenvalue weighted by Gasteiger charge is -2.05. The van der Waals surface area contributed by atoms with Gasteiger partial charge in [0.1, 0.15) is 5.82 Å². The molecule has 0 aromatic heterocycles.